The first-order valence-corrected chi connectivity index (χ1v) is 4.72. The molecule has 1 aliphatic heterocycles. The first-order chi connectivity index (χ1) is 5.74. The average molecular weight is 169 g/mol. The van der Waals surface area contributed by atoms with Crippen LogP contribution >= 0.6 is 0 Å². The predicted octanol–water partition coefficient (Wildman–Crippen LogP) is 1.70. The Labute approximate surface area is 74.8 Å². The molecule has 0 amide bonds. The van der Waals surface area contributed by atoms with Gasteiger partial charge in [0.25, 0.3) is 0 Å². The second kappa shape index (κ2) is 4.63. The van der Waals surface area contributed by atoms with Crippen molar-refractivity contribution in [2.45, 2.75) is 38.3 Å². The average Bonchev–Trinajstić information content (AvgIpc) is 2.47. The lowest BCUT2D eigenvalue weighted by Gasteiger charge is -2.16. The zero-order valence-corrected chi connectivity index (χ0v) is 7.83. The molecule has 3 atom stereocenters. The van der Waals surface area contributed by atoms with Crippen LogP contribution in [-0.4, -0.2) is 18.8 Å². The largest absolute Gasteiger partial charge is 0.378 e. The molecular weight excluding hydrogens is 150 g/mol. The summed E-state index contributed by atoms with van der Waals surface area (Å²) in [6, 6.07) is 0.299. The highest BCUT2D eigenvalue weighted by molar-refractivity contribution is 4.81. The van der Waals surface area contributed by atoms with E-state index >= 15 is 0 Å². The second-order valence-corrected chi connectivity index (χ2v) is 3.67. The Morgan fingerprint density at radius 3 is 3.00 bits per heavy atom. The van der Waals surface area contributed by atoms with Crippen LogP contribution in [-0.2, 0) is 4.74 Å². The third kappa shape index (κ3) is 2.61. The van der Waals surface area contributed by atoms with Crippen LogP contribution in [0.3, 0.4) is 0 Å². The fourth-order valence-electron chi connectivity index (χ4n) is 1.69. The van der Waals surface area contributed by atoms with Crippen molar-refractivity contribution in [2.75, 3.05) is 6.61 Å². The summed E-state index contributed by atoms with van der Waals surface area (Å²) < 4.78 is 5.46. The lowest BCUT2D eigenvalue weighted by molar-refractivity contribution is 0.118. The van der Waals surface area contributed by atoms with Crippen LogP contribution in [0.15, 0.2) is 12.7 Å². The molecule has 0 aromatic carbocycles. The molecule has 2 heteroatoms. The molecule has 0 saturated carbocycles. The molecule has 12 heavy (non-hydrogen) atoms. The van der Waals surface area contributed by atoms with Crippen molar-refractivity contribution in [1.29, 1.82) is 0 Å². The SMILES string of the molecule is C=CCCC(N)C1COC(C)C1. The van der Waals surface area contributed by atoms with Crippen LogP contribution in [0, 0.1) is 5.92 Å². The smallest absolute Gasteiger partial charge is 0.0551 e. The molecule has 1 saturated heterocycles. The Hall–Kier alpha value is -0.340. The summed E-state index contributed by atoms with van der Waals surface area (Å²) >= 11 is 0. The van der Waals surface area contributed by atoms with Gasteiger partial charge in [0.1, 0.15) is 0 Å². The van der Waals surface area contributed by atoms with E-state index in [1.165, 1.54) is 0 Å². The van der Waals surface area contributed by atoms with Crippen molar-refractivity contribution in [3.8, 4) is 0 Å². The number of allylic oxidation sites excluding steroid dienone is 1. The Balaban J connectivity index is 2.22. The Morgan fingerprint density at radius 2 is 2.50 bits per heavy atom. The number of hydrogen-bond acceptors (Lipinski definition) is 2. The molecule has 2 nitrogen and oxygen atoms in total. The van der Waals surface area contributed by atoms with Crippen molar-refractivity contribution in [3.05, 3.63) is 12.7 Å². The zero-order valence-electron chi connectivity index (χ0n) is 7.83. The van der Waals surface area contributed by atoms with Crippen LogP contribution < -0.4 is 5.73 Å². The van der Waals surface area contributed by atoms with E-state index in [-0.39, 0.29) is 0 Å². The van der Waals surface area contributed by atoms with E-state index in [1.807, 2.05) is 6.08 Å². The molecule has 0 radical (unpaired) electrons. The molecule has 0 bridgehead atoms. The fourth-order valence-corrected chi connectivity index (χ4v) is 1.69. The first kappa shape index (κ1) is 9.75. The molecule has 1 fully saturated rings. The summed E-state index contributed by atoms with van der Waals surface area (Å²) in [4.78, 5) is 0. The molecule has 0 aromatic rings. The fraction of sp³-hybridized carbons (Fsp3) is 0.800. The molecule has 1 rings (SSSR count). The topological polar surface area (TPSA) is 35.2 Å². The number of rotatable bonds is 4. The van der Waals surface area contributed by atoms with Gasteiger partial charge in [-0.05, 0) is 32.1 Å². The molecule has 3 unspecified atom stereocenters. The van der Waals surface area contributed by atoms with E-state index in [2.05, 4.69) is 13.5 Å². The summed E-state index contributed by atoms with van der Waals surface area (Å²) in [6.45, 7) is 6.65. The summed E-state index contributed by atoms with van der Waals surface area (Å²) in [6.07, 6.45) is 5.53. The van der Waals surface area contributed by atoms with Gasteiger partial charge in [0.05, 0.1) is 12.7 Å². The molecule has 70 valence electrons. The highest BCUT2D eigenvalue weighted by Gasteiger charge is 2.26. The summed E-state index contributed by atoms with van der Waals surface area (Å²) in [5.41, 5.74) is 6.00. The normalized spacial score (nSPS) is 31.8. The maximum atomic E-state index is 6.00. The van der Waals surface area contributed by atoms with Crippen LogP contribution in [0.25, 0.3) is 0 Å². The van der Waals surface area contributed by atoms with Gasteiger partial charge in [-0.15, -0.1) is 6.58 Å². The summed E-state index contributed by atoms with van der Waals surface area (Å²) in [5, 5.41) is 0. The molecule has 1 heterocycles. The van der Waals surface area contributed by atoms with Gasteiger partial charge >= 0.3 is 0 Å². The van der Waals surface area contributed by atoms with Crippen LogP contribution in [0.4, 0.5) is 0 Å². The van der Waals surface area contributed by atoms with E-state index in [1.54, 1.807) is 0 Å². The van der Waals surface area contributed by atoms with Crippen molar-refractivity contribution in [3.63, 3.8) is 0 Å². The molecule has 0 aliphatic carbocycles. The monoisotopic (exact) mass is 169 g/mol. The van der Waals surface area contributed by atoms with Crippen molar-refractivity contribution < 1.29 is 4.74 Å². The van der Waals surface area contributed by atoms with Gasteiger partial charge in [-0.2, -0.15) is 0 Å². The Morgan fingerprint density at radius 1 is 1.75 bits per heavy atom. The first-order valence-electron chi connectivity index (χ1n) is 4.72. The third-order valence-corrected chi connectivity index (χ3v) is 2.54. The molecule has 2 N–H and O–H groups in total. The van der Waals surface area contributed by atoms with Crippen molar-refractivity contribution in [2.24, 2.45) is 11.7 Å². The standard InChI is InChI=1S/C10H19NO/c1-3-4-5-10(11)9-6-8(2)12-7-9/h3,8-10H,1,4-7,11H2,2H3. The minimum Gasteiger partial charge on any atom is -0.378 e. The molecule has 1 aliphatic rings. The molecule has 0 aromatic heterocycles. The van der Waals surface area contributed by atoms with Crippen LogP contribution in [0.1, 0.15) is 26.2 Å². The third-order valence-electron chi connectivity index (χ3n) is 2.54. The summed E-state index contributed by atoms with van der Waals surface area (Å²) in [7, 11) is 0. The van der Waals surface area contributed by atoms with Crippen LogP contribution in [0.2, 0.25) is 0 Å². The maximum absolute atomic E-state index is 6.00. The summed E-state index contributed by atoms with van der Waals surface area (Å²) in [5.74, 6) is 0.569. The lowest BCUT2D eigenvalue weighted by atomic mass is 9.94. The van der Waals surface area contributed by atoms with Gasteiger partial charge in [-0.25, -0.2) is 0 Å². The minimum absolute atomic E-state index is 0.299. The van der Waals surface area contributed by atoms with E-state index in [0.29, 0.717) is 18.1 Å². The van der Waals surface area contributed by atoms with Gasteiger partial charge in [-0.1, -0.05) is 6.08 Å². The van der Waals surface area contributed by atoms with Crippen molar-refractivity contribution >= 4 is 0 Å². The number of ether oxygens (including phenoxy) is 1. The molecule has 0 spiro atoms. The lowest BCUT2D eigenvalue weighted by Crippen LogP contribution is -2.30. The second-order valence-electron chi connectivity index (χ2n) is 3.67. The minimum atomic E-state index is 0.299. The quantitative estimate of drug-likeness (QED) is 0.650. The van der Waals surface area contributed by atoms with Crippen molar-refractivity contribution in [1.82, 2.24) is 0 Å². The van der Waals surface area contributed by atoms with Gasteiger partial charge in [0, 0.05) is 6.04 Å². The molecular formula is C10H19NO. The van der Waals surface area contributed by atoms with E-state index in [0.717, 1.165) is 25.9 Å². The number of hydrogen-bond donors (Lipinski definition) is 1. The van der Waals surface area contributed by atoms with Gasteiger partial charge < -0.3 is 10.5 Å². The number of nitrogens with two attached hydrogens (primary N) is 1. The highest BCUT2D eigenvalue weighted by atomic mass is 16.5. The van der Waals surface area contributed by atoms with E-state index in [4.69, 9.17) is 10.5 Å². The highest BCUT2D eigenvalue weighted by Crippen LogP contribution is 2.23. The Kier molecular flexibility index (Phi) is 3.76. The van der Waals surface area contributed by atoms with Gasteiger partial charge in [0.15, 0.2) is 0 Å². The van der Waals surface area contributed by atoms with E-state index < -0.39 is 0 Å². The van der Waals surface area contributed by atoms with Crippen LogP contribution in [0.5, 0.6) is 0 Å². The Bertz CT molecular complexity index is 147. The van der Waals surface area contributed by atoms with Gasteiger partial charge in [0.2, 0.25) is 0 Å². The maximum Gasteiger partial charge on any atom is 0.0551 e. The predicted molar refractivity (Wildman–Crippen MR) is 50.9 cm³/mol. The zero-order chi connectivity index (χ0) is 8.97. The van der Waals surface area contributed by atoms with E-state index in [9.17, 15) is 0 Å². The van der Waals surface area contributed by atoms with Gasteiger partial charge in [-0.3, -0.25) is 0 Å².